The maximum atomic E-state index is 13.0. The van der Waals surface area contributed by atoms with Crippen molar-refractivity contribution in [1.82, 2.24) is 10.6 Å². The number of anilines is 1. The average molecular weight is 412 g/mol. The maximum Gasteiger partial charge on any atom is 0.264 e. The first-order valence-electron chi connectivity index (χ1n) is 8.60. The van der Waals surface area contributed by atoms with Crippen molar-refractivity contribution in [1.29, 1.82) is 0 Å². The molecule has 0 aliphatic heterocycles. The van der Waals surface area contributed by atoms with Crippen LogP contribution in [0.4, 0.5) is 5.69 Å². The molecule has 1 amide bonds. The molecule has 0 saturated heterocycles. The van der Waals surface area contributed by atoms with E-state index in [4.69, 9.17) is 0 Å². The van der Waals surface area contributed by atoms with Crippen LogP contribution < -0.4 is 14.9 Å². The standard InChI is InChI=1S/C19H25N3O3S.ClH/c1-3-13-20-14-15-21-19(23)17-11-7-8-12-18(17)26(24,25)22(2)16-9-5-4-6-10-16;/h4-12,20H,3,13-15H2,1-2H3,(H,21,23);1H. The van der Waals surface area contributed by atoms with E-state index in [1.165, 1.54) is 23.5 Å². The fraction of sp³-hybridized carbons (Fsp3) is 0.316. The monoisotopic (exact) mass is 411 g/mol. The van der Waals surface area contributed by atoms with Crippen molar-refractivity contribution >= 4 is 34.0 Å². The maximum absolute atomic E-state index is 13.0. The summed E-state index contributed by atoms with van der Waals surface area (Å²) in [7, 11) is -2.37. The van der Waals surface area contributed by atoms with E-state index in [2.05, 4.69) is 17.6 Å². The van der Waals surface area contributed by atoms with Crippen LogP contribution in [-0.2, 0) is 10.0 Å². The predicted octanol–water partition coefficient (Wildman–Crippen LogP) is 2.66. The minimum absolute atomic E-state index is 0. The van der Waals surface area contributed by atoms with Gasteiger partial charge in [0, 0.05) is 20.1 Å². The molecule has 0 aliphatic carbocycles. The van der Waals surface area contributed by atoms with Gasteiger partial charge >= 0.3 is 0 Å². The molecule has 0 atom stereocenters. The van der Waals surface area contributed by atoms with Gasteiger partial charge in [-0.2, -0.15) is 0 Å². The first-order valence-corrected chi connectivity index (χ1v) is 10.0. The van der Waals surface area contributed by atoms with Gasteiger partial charge in [-0.05, 0) is 37.2 Å². The normalized spacial score (nSPS) is 10.7. The summed E-state index contributed by atoms with van der Waals surface area (Å²) in [5, 5.41) is 5.95. The van der Waals surface area contributed by atoms with E-state index < -0.39 is 15.9 Å². The van der Waals surface area contributed by atoms with Crippen LogP contribution in [0.25, 0.3) is 0 Å². The molecular formula is C19H26ClN3O3S. The topological polar surface area (TPSA) is 78.5 Å². The molecule has 6 nitrogen and oxygen atoms in total. The molecule has 2 N–H and O–H groups in total. The molecule has 0 aliphatic rings. The molecule has 0 spiro atoms. The van der Waals surface area contributed by atoms with Crippen molar-refractivity contribution in [3.8, 4) is 0 Å². The Morgan fingerprint density at radius 3 is 2.26 bits per heavy atom. The summed E-state index contributed by atoms with van der Waals surface area (Å²) < 4.78 is 27.2. The second-order valence-corrected chi connectivity index (χ2v) is 7.75. The number of amides is 1. The molecule has 0 radical (unpaired) electrons. The Kier molecular flexibility index (Phi) is 9.28. The van der Waals surface area contributed by atoms with E-state index in [0.717, 1.165) is 13.0 Å². The highest BCUT2D eigenvalue weighted by Gasteiger charge is 2.26. The van der Waals surface area contributed by atoms with Crippen LogP contribution in [-0.4, -0.2) is 41.0 Å². The summed E-state index contributed by atoms with van der Waals surface area (Å²) in [6.07, 6.45) is 1.01. The SMILES string of the molecule is CCCNCCNC(=O)c1ccccc1S(=O)(=O)N(C)c1ccccc1.Cl. The summed E-state index contributed by atoms with van der Waals surface area (Å²) >= 11 is 0. The number of hydrogen-bond donors (Lipinski definition) is 2. The average Bonchev–Trinajstić information content (AvgIpc) is 2.67. The van der Waals surface area contributed by atoms with Crippen molar-refractivity contribution in [3.63, 3.8) is 0 Å². The number of halogens is 1. The number of nitrogens with zero attached hydrogens (tertiary/aromatic N) is 1. The van der Waals surface area contributed by atoms with E-state index in [-0.39, 0.29) is 22.9 Å². The second-order valence-electron chi connectivity index (χ2n) is 5.81. The van der Waals surface area contributed by atoms with Gasteiger partial charge in [0.05, 0.1) is 11.3 Å². The molecule has 8 heteroatoms. The largest absolute Gasteiger partial charge is 0.351 e. The number of benzene rings is 2. The van der Waals surface area contributed by atoms with Crippen molar-refractivity contribution in [2.45, 2.75) is 18.2 Å². The Hall–Kier alpha value is -2.09. The van der Waals surface area contributed by atoms with Crippen LogP contribution in [0.5, 0.6) is 0 Å². The van der Waals surface area contributed by atoms with Gasteiger partial charge in [0.15, 0.2) is 0 Å². The Bertz CT molecular complexity index is 829. The molecule has 0 bridgehead atoms. The Morgan fingerprint density at radius 1 is 0.963 bits per heavy atom. The first kappa shape index (κ1) is 23.0. The fourth-order valence-electron chi connectivity index (χ4n) is 2.46. The van der Waals surface area contributed by atoms with Gasteiger partial charge in [0.2, 0.25) is 0 Å². The molecule has 2 aromatic rings. The minimum atomic E-state index is -3.85. The van der Waals surface area contributed by atoms with Crippen LogP contribution in [0.3, 0.4) is 0 Å². The van der Waals surface area contributed by atoms with E-state index >= 15 is 0 Å². The fourth-order valence-corrected chi connectivity index (χ4v) is 3.85. The molecular weight excluding hydrogens is 386 g/mol. The molecule has 148 valence electrons. The molecule has 0 heterocycles. The predicted molar refractivity (Wildman–Crippen MR) is 111 cm³/mol. The minimum Gasteiger partial charge on any atom is -0.351 e. The Balaban J connectivity index is 0.00000364. The summed E-state index contributed by atoms with van der Waals surface area (Å²) in [6, 6.07) is 15.0. The van der Waals surface area contributed by atoms with Crippen LogP contribution in [0.2, 0.25) is 0 Å². The number of nitrogens with one attached hydrogen (secondary N) is 2. The number of para-hydroxylation sites is 1. The lowest BCUT2D eigenvalue weighted by molar-refractivity contribution is 0.0950. The van der Waals surface area contributed by atoms with E-state index in [1.54, 1.807) is 36.4 Å². The van der Waals surface area contributed by atoms with Crippen LogP contribution >= 0.6 is 12.4 Å². The summed E-state index contributed by atoms with van der Waals surface area (Å²) in [4.78, 5) is 12.5. The van der Waals surface area contributed by atoms with Gasteiger partial charge in [-0.1, -0.05) is 37.3 Å². The summed E-state index contributed by atoms with van der Waals surface area (Å²) in [5.74, 6) is -0.399. The zero-order valence-corrected chi connectivity index (χ0v) is 17.1. The Morgan fingerprint density at radius 2 is 1.59 bits per heavy atom. The third-order valence-corrected chi connectivity index (χ3v) is 5.75. The van der Waals surface area contributed by atoms with E-state index in [9.17, 15) is 13.2 Å². The molecule has 0 unspecified atom stereocenters. The van der Waals surface area contributed by atoms with Gasteiger partial charge < -0.3 is 10.6 Å². The first-order chi connectivity index (χ1) is 12.5. The third-order valence-electron chi connectivity index (χ3n) is 3.90. The van der Waals surface area contributed by atoms with Crippen LogP contribution in [0.1, 0.15) is 23.7 Å². The molecule has 2 aromatic carbocycles. The second kappa shape index (κ2) is 10.9. The van der Waals surface area contributed by atoms with Crippen molar-refractivity contribution in [3.05, 3.63) is 60.2 Å². The molecule has 0 fully saturated rings. The smallest absolute Gasteiger partial charge is 0.264 e. The Labute approximate surface area is 167 Å². The summed E-state index contributed by atoms with van der Waals surface area (Å²) in [5.41, 5.74) is 0.678. The quantitative estimate of drug-likeness (QED) is 0.622. The number of carbonyl (C=O) groups excluding carboxylic acids is 1. The van der Waals surface area contributed by atoms with Gasteiger partial charge in [0.1, 0.15) is 4.90 Å². The summed E-state index contributed by atoms with van der Waals surface area (Å²) in [6.45, 7) is 4.01. The number of sulfonamides is 1. The number of rotatable bonds is 9. The van der Waals surface area contributed by atoms with Gasteiger partial charge in [-0.25, -0.2) is 8.42 Å². The lowest BCUT2D eigenvalue weighted by Crippen LogP contribution is -2.34. The lowest BCUT2D eigenvalue weighted by Gasteiger charge is -2.21. The molecule has 2 rings (SSSR count). The van der Waals surface area contributed by atoms with Crippen molar-refractivity contribution in [2.24, 2.45) is 0 Å². The lowest BCUT2D eigenvalue weighted by atomic mass is 10.2. The zero-order valence-electron chi connectivity index (χ0n) is 15.5. The highest BCUT2D eigenvalue weighted by atomic mass is 35.5. The molecule has 0 aromatic heterocycles. The van der Waals surface area contributed by atoms with Crippen LogP contribution in [0, 0.1) is 0 Å². The van der Waals surface area contributed by atoms with Crippen molar-refractivity contribution < 1.29 is 13.2 Å². The van der Waals surface area contributed by atoms with E-state index in [0.29, 0.717) is 18.8 Å². The number of carbonyl (C=O) groups is 1. The highest BCUT2D eigenvalue weighted by molar-refractivity contribution is 7.92. The van der Waals surface area contributed by atoms with Gasteiger partial charge in [-0.15, -0.1) is 12.4 Å². The highest BCUT2D eigenvalue weighted by Crippen LogP contribution is 2.24. The van der Waals surface area contributed by atoms with Gasteiger partial charge in [-0.3, -0.25) is 9.10 Å². The van der Waals surface area contributed by atoms with Crippen LogP contribution in [0.15, 0.2) is 59.5 Å². The van der Waals surface area contributed by atoms with E-state index in [1.807, 2.05) is 6.07 Å². The third kappa shape index (κ3) is 5.95. The zero-order chi connectivity index (χ0) is 19.0. The van der Waals surface area contributed by atoms with Crippen molar-refractivity contribution in [2.75, 3.05) is 31.0 Å². The molecule has 27 heavy (non-hydrogen) atoms. The van der Waals surface area contributed by atoms with Gasteiger partial charge in [0.25, 0.3) is 15.9 Å². The molecule has 0 saturated carbocycles. The number of hydrogen-bond acceptors (Lipinski definition) is 4.